The lowest BCUT2D eigenvalue weighted by Crippen LogP contribution is -2.54. The summed E-state index contributed by atoms with van der Waals surface area (Å²) in [5.41, 5.74) is -0.753. The number of carboxylic acids is 1. The van der Waals surface area contributed by atoms with Crippen molar-refractivity contribution in [3.63, 3.8) is 0 Å². The molecule has 2 aliphatic carbocycles. The first kappa shape index (κ1) is 40.4. The first-order valence-corrected chi connectivity index (χ1v) is 20.2. The SMILES string of the molecule is CC(CC(=O)O)CC1CC(C)CC(CNC(=O)c2ccc(-c3cn(C4CCC(F)(F)CC4)c4cc(OC5CCCN(C6COC6)C5)ccc34)nc2C(F)(F)F)C1. The molecule has 14 heteroatoms. The number of pyridine rings is 1. The van der Waals surface area contributed by atoms with E-state index < -0.39 is 35.2 Å². The Morgan fingerprint density at radius 2 is 1.80 bits per heavy atom. The van der Waals surface area contributed by atoms with E-state index in [4.69, 9.17) is 9.47 Å². The van der Waals surface area contributed by atoms with E-state index in [-0.39, 0.29) is 74.2 Å². The molecule has 4 fully saturated rings. The van der Waals surface area contributed by atoms with E-state index in [2.05, 4.69) is 22.1 Å². The fraction of sp³-hybridized carbons (Fsp3) is 0.643. The van der Waals surface area contributed by atoms with Gasteiger partial charge in [0.05, 0.1) is 36.0 Å². The molecule has 0 radical (unpaired) electrons. The van der Waals surface area contributed by atoms with E-state index in [1.54, 1.807) is 18.3 Å². The van der Waals surface area contributed by atoms with Gasteiger partial charge in [-0.1, -0.05) is 13.8 Å². The maximum atomic E-state index is 14.7. The molecule has 0 spiro atoms. The molecule has 56 heavy (non-hydrogen) atoms. The summed E-state index contributed by atoms with van der Waals surface area (Å²) in [7, 11) is 0. The molecule has 1 amide bonds. The zero-order valence-electron chi connectivity index (χ0n) is 32.1. The number of fused-ring (bicyclic) bond motifs is 1. The zero-order chi connectivity index (χ0) is 39.8. The van der Waals surface area contributed by atoms with Crippen LogP contribution in [-0.2, 0) is 15.7 Å². The molecule has 5 unspecified atom stereocenters. The highest BCUT2D eigenvalue weighted by molar-refractivity contribution is 5.98. The number of piperidine rings is 1. The number of carboxylic acid groups (broad SMARTS) is 1. The van der Waals surface area contributed by atoms with Crippen LogP contribution in [0.15, 0.2) is 36.5 Å². The van der Waals surface area contributed by atoms with Crippen LogP contribution in [0.3, 0.4) is 0 Å². The number of carbonyl (C=O) groups is 2. The highest BCUT2D eigenvalue weighted by atomic mass is 19.4. The number of hydrogen-bond donors (Lipinski definition) is 2. The van der Waals surface area contributed by atoms with Crippen LogP contribution in [0.2, 0.25) is 0 Å². The first-order valence-electron chi connectivity index (χ1n) is 20.2. The zero-order valence-corrected chi connectivity index (χ0v) is 32.1. The molecule has 7 rings (SSSR count). The molecule has 2 saturated carbocycles. The number of rotatable bonds is 12. The van der Waals surface area contributed by atoms with Gasteiger partial charge < -0.3 is 24.5 Å². The molecule has 3 aromatic rings. The van der Waals surface area contributed by atoms with Crippen molar-refractivity contribution in [1.29, 1.82) is 0 Å². The van der Waals surface area contributed by atoms with Gasteiger partial charge in [0, 0.05) is 61.6 Å². The van der Waals surface area contributed by atoms with E-state index >= 15 is 0 Å². The molecule has 4 heterocycles. The minimum atomic E-state index is -4.93. The van der Waals surface area contributed by atoms with E-state index in [9.17, 15) is 36.6 Å². The van der Waals surface area contributed by atoms with Gasteiger partial charge in [-0.15, -0.1) is 0 Å². The molecular formula is C42H53F5N4O5. The number of aliphatic carboxylic acids is 1. The maximum Gasteiger partial charge on any atom is 0.434 e. The Hall–Kier alpha value is -3.78. The molecule has 9 nitrogen and oxygen atoms in total. The Morgan fingerprint density at radius 3 is 2.50 bits per heavy atom. The van der Waals surface area contributed by atoms with E-state index in [0.29, 0.717) is 47.4 Å². The van der Waals surface area contributed by atoms with Gasteiger partial charge in [-0.25, -0.2) is 13.8 Å². The summed E-state index contributed by atoms with van der Waals surface area (Å²) in [5.74, 6) is -3.16. The summed E-state index contributed by atoms with van der Waals surface area (Å²) in [5, 5.41) is 12.5. The van der Waals surface area contributed by atoms with Gasteiger partial charge in [-0.3, -0.25) is 14.5 Å². The number of carbonyl (C=O) groups excluding carboxylic acids is 1. The quantitative estimate of drug-likeness (QED) is 0.177. The molecule has 1 aromatic carbocycles. The standard InChI is InChI=1S/C42H53F5N4O5/c1-25-14-27(15-26(2)17-38(52)53)18-28(16-25)20-48-40(54)34-7-8-36(49-39(34)42(45,46)47)35-22-51(29-9-11-41(43,44)12-10-29)37-19-31(5-6-33(35)37)56-32-4-3-13-50(21-32)30-23-55-24-30/h5-8,19,22,25-30,32H,3-4,9-18,20-21,23-24H2,1-2H3,(H,48,54)(H,52,53). The molecular weight excluding hydrogens is 735 g/mol. The highest BCUT2D eigenvalue weighted by Crippen LogP contribution is 2.43. The van der Waals surface area contributed by atoms with E-state index in [1.165, 1.54) is 12.1 Å². The minimum absolute atomic E-state index is 0.00869. The second-order valence-corrected chi connectivity index (χ2v) is 17.1. The summed E-state index contributed by atoms with van der Waals surface area (Å²) >= 11 is 0. The number of aromatic nitrogens is 2. The Morgan fingerprint density at radius 1 is 1.05 bits per heavy atom. The highest BCUT2D eigenvalue weighted by Gasteiger charge is 2.39. The van der Waals surface area contributed by atoms with Gasteiger partial charge >= 0.3 is 12.1 Å². The predicted molar refractivity (Wildman–Crippen MR) is 201 cm³/mol. The van der Waals surface area contributed by atoms with Crippen LogP contribution in [0.4, 0.5) is 22.0 Å². The smallest absolute Gasteiger partial charge is 0.434 e. The second kappa shape index (κ2) is 16.6. The van der Waals surface area contributed by atoms with E-state index in [1.807, 2.05) is 17.6 Å². The molecule has 2 aromatic heterocycles. The Labute approximate surface area is 324 Å². The van der Waals surface area contributed by atoms with Gasteiger partial charge in [0.15, 0.2) is 5.69 Å². The number of benzene rings is 1. The van der Waals surface area contributed by atoms with Crippen LogP contribution in [0.1, 0.15) is 107 Å². The number of alkyl halides is 5. The minimum Gasteiger partial charge on any atom is -0.489 e. The lowest BCUT2D eigenvalue weighted by molar-refractivity contribution is -0.141. The number of ether oxygens (including phenoxy) is 2. The van der Waals surface area contributed by atoms with Crippen LogP contribution < -0.4 is 10.1 Å². The predicted octanol–water partition coefficient (Wildman–Crippen LogP) is 9.00. The maximum absolute atomic E-state index is 14.7. The van der Waals surface area contributed by atoms with Crippen LogP contribution in [0, 0.1) is 23.7 Å². The third kappa shape index (κ3) is 9.49. The number of hydrogen-bond acceptors (Lipinski definition) is 6. The molecule has 2 saturated heterocycles. The summed E-state index contributed by atoms with van der Waals surface area (Å²) in [6, 6.07) is 8.14. The van der Waals surface area contributed by atoms with Crippen LogP contribution >= 0.6 is 0 Å². The first-order chi connectivity index (χ1) is 26.6. The second-order valence-electron chi connectivity index (χ2n) is 17.1. The molecule has 5 atom stereocenters. The summed E-state index contributed by atoms with van der Waals surface area (Å²) in [6.07, 6.45) is 1.82. The lowest BCUT2D eigenvalue weighted by Gasteiger charge is -2.41. The summed E-state index contributed by atoms with van der Waals surface area (Å²) < 4.78 is 86.3. The monoisotopic (exact) mass is 788 g/mol. The van der Waals surface area contributed by atoms with Gasteiger partial charge in [-0.05, 0) is 106 Å². The number of nitrogens with one attached hydrogen (secondary N) is 1. The summed E-state index contributed by atoms with van der Waals surface area (Å²) in [6.45, 7) is 7.39. The van der Waals surface area contributed by atoms with Crippen LogP contribution in [0.25, 0.3) is 22.2 Å². The largest absolute Gasteiger partial charge is 0.489 e. The molecule has 0 bridgehead atoms. The topological polar surface area (TPSA) is 106 Å². The van der Waals surface area contributed by atoms with Crippen molar-refractivity contribution in [1.82, 2.24) is 19.8 Å². The molecule has 2 N–H and O–H groups in total. The van der Waals surface area contributed by atoms with Crippen molar-refractivity contribution in [2.75, 3.05) is 32.8 Å². The fourth-order valence-corrected chi connectivity index (χ4v) is 9.68. The Kier molecular flexibility index (Phi) is 12.0. The Balaban J connectivity index is 1.13. The van der Waals surface area contributed by atoms with Gasteiger partial charge in [0.25, 0.3) is 5.91 Å². The van der Waals surface area contributed by atoms with E-state index in [0.717, 1.165) is 51.6 Å². The average molecular weight is 789 g/mol. The van der Waals surface area contributed by atoms with Gasteiger partial charge in [0.1, 0.15) is 11.9 Å². The van der Waals surface area contributed by atoms with Gasteiger partial charge in [-0.2, -0.15) is 13.2 Å². The number of nitrogens with zero attached hydrogens (tertiary/aromatic N) is 3. The van der Waals surface area contributed by atoms with Crippen molar-refractivity contribution in [3.05, 3.63) is 47.8 Å². The lowest BCUT2D eigenvalue weighted by atomic mass is 9.73. The Bertz CT molecular complexity index is 1870. The molecule has 4 aliphatic rings. The third-order valence-electron chi connectivity index (χ3n) is 12.4. The van der Waals surface area contributed by atoms with Crippen molar-refractivity contribution in [2.45, 2.75) is 115 Å². The number of amides is 1. The number of likely N-dealkylation sites (tertiary alicyclic amines) is 1. The van der Waals surface area contributed by atoms with Crippen LogP contribution in [-0.4, -0.2) is 82.4 Å². The molecule has 2 aliphatic heterocycles. The normalized spacial score (nSPS) is 25.8. The fourth-order valence-electron chi connectivity index (χ4n) is 9.68. The van der Waals surface area contributed by atoms with Crippen LogP contribution in [0.5, 0.6) is 5.75 Å². The molecule has 306 valence electrons. The van der Waals surface area contributed by atoms with Crippen molar-refractivity contribution in [2.24, 2.45) is 23.7 Å². The van der Waals surface area contributed by atoms with Gasteiger partial charge in [0.2, 0.25) is 5.92 Å². The van der Waals surface area contributed by atoms with Crippen molar-refractivity contribution >= 4 is 22.8 Å². The van der Waals surface area contributed by atoms with Crippen molar-refractivity contribution in [3.8, 4) is 17.0 Å². The summed E-state index contributed by atoms with van der Waals surface area (Å²) in [4.78, 5) is 31.1. The third-order valence-corrected chi connectivity index (χ3v) is 12.4. The average Bonchev–Trinajstić information content (AvgIpc) is 3.47. The number of halogens is 5. The van der Waals surface area contributed by atoms with Crippen molar-refractivity contribution < 1.29 is 46.1 Å².